The SMILES string of the molecule is NC1(CCc2c(F)ccc(F)c2F)CC1. The van der Waals surface area contributed by atoms with Crippen molar-refractivity contribution in [3.8, 4) is 0 Å². The summed E-state index contributed by atoms with van der Waals surface area (Å²) in [6.07, 6.45) is 2.42. The van der Waals surface area contributed by atoms with Crippen molar-refractivity contribution in [3.63, 3.8) is 0 Å². The third kappa shape index (κ3) is 2.15. The van der Waals surface area contributed by atoms with Crippen molar-refractivity contribution >= 4 is 0 Å². The number of hydrogen-bond acceptors (Lipinski definition) is 1. The fraction of sp³-hybridized carbons (Fsp3) is 0.455. The van der Waals surface area contributed by atoms with Crippen molar-refractivity contribution in [2.75, 3.05) is 0 Å². The average Bonchev–Trinajstić information content (AvgIpc) is 2.91. The molecule has 0 atom stereocenters. The molecular weight excluding hydrogens is 203 g/mol. The van der Waals surface area contributed by atoms with E-state index >= 15 is 0 Å². The monoisotopic (exact) mass is 215 g/mol. The van der Waals surface area contributed by atoms with E-state index in [9.17, 15) is 13.2 Å². The van der Waals surface area contributed by atoms with Gasteiger partial charge >= 0.3 is 0 Å². The molecule has 1 aliphatic rings. The molecule has 0 heterocycles. The number of benzene rings is 1. The number of hydrogen-bond donors (Lipinski definition) is 1. The lowest BCUT2D eigenvalue weighted by molar-refractivity contribution is 0.471. The third-order valence-corrected chi connectivity index (χ3v) is 2.90. The van der Waals surface area contributed by atoms with Crippen LogP contribution in [0, 0.1) is 17.5 Å². The van der Waals surface area contributed by atoms with Gasteiger partial charge in [-0.15, -0.1) is 0 Å². The van der Waals surface area contributed by atoms with E-state index in [4.69, 9.17) is 5.73 Å². The van der Waals surface area contributed by atoms with Crippen LogP contribution >= 0.6 is 0 Å². The molecule has 2 N–H and O–H groups in total. The van der Waals surface area contributed by atoms with Crippen molar-refractivity contribution in [1.82, 2.24) is 0 Å². The first-order valence-electron chi connectivity index (χ1n) is 4.93. The molecule has 0 aromatic heterocycles. The summed E-state index contributed by atoms with van der Waals surface area (Å²) in [4.78, 5) is 0. The molecule has 0 bridgehead atoms. The van der Waals surface area contributed by atoms with E-state index in [1.807, 2.05) is 0 Å². The molecule has 2 rings (SSSR count). The lowest BCUT2D eigenvalue weighted by Crippen LogP contribution is -2.22. The highest BCUT2D eigenvalue weighted by molar-refractivity contribution is 5.22. The molecular formula is C11H12F3N. The van der Waals surface area contributed by atoms with Crippen LogP contribution in [0.2, 0.25) is 0 Å². The largest absolute Gasteiger partial charge is 0.325 e. The molecule has 1 aromatic rings. The Labute approximate surface area is 86.1 Å². The van der Waals surface area contributed by atoms with Crippen molar-refractivity contribution < 1.29 is 13.2 Å². The van der Waals surface area contributed by atoms with Gasteiger partial charge < -0.3 is 5.73 Å². The first-order chi connectivity index (χ1) is 7.02. The Bertz CT molecular complexity index is 386. The molecule has 0 saturated heterocycles. The second-order valence-corrected chi connectivity index (χ2v) is 4.18. The predicted molar refractivity (Wildman–Crippen MR) is 50.8 cm³/mol. The standard InChI is InChI=1S/C11H12F3N/c12-8-1-2-9(13)10(14)7(8)3-4-11(15)5-6-11/h1-2H,3-6,15H2. The highest BCUT2D eigenvalue weighted by Crippen LogP contribution is 2.37. The van der Waals surface area contributed by atoms with E-state index in [0.717, 1.165) is 25.0 Å². The molecule has 1 fully saturated rings. The van der Waals surface area contributed by atoms with Gasteiger partial charge in [0.05, 0.1) is 0 Å². The Balaban J connectivity index is 2.16. The lowest BCUT2D eigenvalue weighted by Gasteiger charge is -2.09. The Morgan fingerprint density at radius 2 is 1.73 bits per heavy atom. The van der Waals surface area contributed by atoms with Crippen molar-refractivity contribution in [2.24, 2.45) is 5.73 Å². The normalized spacial score (nSPS) is 17.9. The second-order valence-electron chi connectivity index (χ2n) is 4.18. The van der Waals surface area contributed by atoms with Gasteiger partial charge in [0, 0.05) is 11.1 Å². The fourth-order valence-electron chi connectivity index (χ4n) is 1.58. The maximum absolute atomic E-state index is 13.2. The van der Waals surface area contributed by atoms with Crippen LogP contribution in [0.3, 0.4) is 0 Å². The van der Waals surface area contributed by atoms with E-state index in [1.54, 1.807) is 0 Å². The highest BCUT2D eigenvalue weighted by atomic mass is 19.2. The zero-order valence-electron chi connectivity index (χ0n) is 8.19. The van der Waals surface area contributed by atoms with Crippen LogP contribution in [-0.4, -0.2) is 5.54 Å². The smallest absolute Gasteiger partial charge is 0.164 e. The van der Waals surface area contributed by atoms with Gasteiger partial charge in [-0.3, -0.25) is 0 Å². The third-order valence-electron chi connectivity index (χ3n) is 2.90. The van der Waals surface area contributed by atoms with E-state index in [2.05, 4.69) is 0 Å². The van der Waals surface area contributed by atoms with Crippen LogP contribution in [0.1, 0.15) is 24.8 Å². The van der Waals surface area contributed by atoms with E-state index in [1.165, 1.54) is 0 Å². The summed E-state index contributed by atoms with van der Waals surface area (Å²) in [7, 11) is 0. The molecule has 0 amide bonds. The van der Waals surface area contributed by atoms with Gasteiger partial charge in [-0.05, 0) is 37.8 Å². The van der Waals surface area contributed by atoms with Crippen LogP contribution in [0.25, 0.3) is 0 Å². The van der Waals surface area contributed by atoms with Crippen molar-refractivity contribution in [2.45, 2.75) is 31.2 Å². The summed E-state index contributed by atoms with van der Waals surface area (Å²) in [5.74, 6) is -2.79. The molecule has 4 heteroatoms. The number of halogens is 3. The molecule has 0 radical (unpaired) electrons. The van der Waals surface area contributed by atoms with E-state index in [0.29, 0.717) is 6.42 Å². The van der Waals surface area contributed by atoms with Gasteiger partial charge in [0.2, 0.25) is 0 Å². The van der Waals surface area contributed by atoms with Crippen LogP contribution in [0.4, 0.5) is 13.2 Å². The minimum atomic E-state index is -1.08. The molecule has 1 aromatic carbocycles. The van der Waals surface area contributed by atoms with Gasteiger partial charge in [0.25, 0.3) is 0 Å². The fourth-order valence-corrected chi connectivity index (χ4v) is 1.58. The summed E-state index contributed by atoms with van der Waals surface area (Å²) < 4.78 is 39.2. The van der Waals surface area contributed by atoms with Gasteiger partial charge in [0.15, 0.2) is 11.6 Å². The summed E-state index contributed by atoms with van der Waals surface area (Å²) >= 11 is 0. The van der Waals surface area contributed by atoms with Crippen molar-refractivity contribution in [3.05, 3.63) is 35.1 Å². The zero-order valence-corrected chi connectivity index (χ0v) is 8.19. The molecule has 1 saturated carbocycles. The Hall–Kier alpha value is -1.03. The van der Waals surface area contributed by atoms with Crippen LogP contribution in [0.5, 0.6) is 0 Å². The Kier molecular flexibility index (Phi) is 2.46. The summed E-state index contributed by atoms with van der Waals surface area (Å²) in [6.45, 7) is 0. The lowest BCUT2D eigenvalue weighted by atomic mass is 10.0. The predicted octanol–water partition coefficient (Wildman–Crippen LogP) is 2.53. The molecule has 0 unspecified atom stereocenters. The first kappa shape index (κ1) is 10.5. The minimum Gasteiger partial charge on any atom is -0.325 e. The topological polar surface area (TPSA) is 26.0 Å². The number of nitrogens with two attached hydrogens (primary N) is 1. The zero-order chi connectivity index (χ0) is 11.1. The van der Waals surface area contributed by atoms with Gasteiger partial charge in [-0.1, -0.05) is 0 Å². The highest BCUT2D eigenvalue weighted by Gasteiger charge is 2.37. The van der Waals surface area contributed by atoms with Gasteiger partial charge in [-0.2, -0.15) is 0 Å². The maximum atomic E-state index is 13.2. The Morgan fingerprint density at radius 3 is 2.33 bits per heavy atom. The molecule has 82 valence electrons. The van der Waals surface area contributed by atoms with E-state index in [-0.39, 0.29) is 17.5 Å². The second kappa shape index (κ2) is 3.52. The summed E-state index contributed by atoms with van der Waals surface area (Å²) in [5, 5.41) is 0. The van der Waals surface area contributed by atoms with Crippen LogP contribution in [-0.2, 0) is 6.42 Å². The molecule has 0 spiro atoms. The molecule has 15 heavy (non-hydrogen) atoms. The van der Waals surface area contributed by atoms with Gasteiger partial charge in [0.1, 0.15) is 5.82 Å². The summed E-state index contributed by atoms with van der Waals surface area (Å²) in [6, 6.07) is 1.74. The molecule has 0 aliphatic heterocycles. The minimum absolute atomic E-state index is 0.159. The first-order valence-corrected chi connectivity index (χ1v) is 4.93. The summed E-state index contributed by atoms with van der Waals surface area (Å²) in [5.41, 5.74) is 5.33. The average molecular weight is 215 g/mol. The van der Waals surface area contributed by atoms with E-state index < -0.39 is 17.5 Å². The molecule has 1 nitrogen and oxygen atoms in total. The van der Waals surface area contributed by atoms with Crippen LogP contribution < -0.4 is 5.73 Å². The van der Waals surface area contributed by atoms with Crippen LogP contribution in [0.15, 0.2) is 12.1 Å². The van der Waals surface area contributed by atoms with Gasteiger partial charge in [-0.25, -0.2) is 13.2 Å². The maximum Gasteiger partial charge on any atom is 0.164 e. The van der Waals surface area contributed by atoms with Crippen molar-refractivity contribution in [1.29, 1.82) is 0 Å². The number of rotatable bonds is 3. The Morgan fingerprint density at radius 1 is 1.13 bits per heavy atom. The quantitative estimate of drug-likeness (QED) is 0.770. The molecule has 1 aliphatic carbocycles.